The molecule has 5 heteroatoms. The molecule has 0 saturated heterocycles. The van der Waals surface area contributed by atoms with Crippen molar-refractivity contribution in [3.63, 3.8) is 0 Å². The normalized spacial score (nSPS) is 12.8. The molecule has 0 radical (unpaired) electrons. The number of nitrogens with one attached hydrogen (secondary N) is 2. The Labute approximate surface area is 139 Å². The lowest BCUT2D eigenvalue weighted by atomic mass is 10.1. The molecule has 0 spiro atoms. The summed E-state index contributed by atoms with van der Waals surface area (Å²) in [5.74, 6) is -0.194. The molecule has 1 aliphatic carbocycles. The van der Waals surface area contributed by atoms with Crippen LogP contribution in [0.4, 0.5) is 10.7 Å². The number of benzene rings is 1. The molecule has 3 rings (SSSR count). The van der Waals surface area contributed by atoms with Gasteiger partial charge in [-0.1, -0.05) is 25.1 Å². The molecule has 120 valence electrons. The standard InChI is InChI=1S/C18H20N2O2S/c1-3-15(21)20-18-16(12-8-6-10-14(12)23-18)17(22)19-13-9-5-4-7-11(13)2/h4-5,7,9H,3,6,8,10H2,1-2H3,(H,19,22)(H,20,21). The third-order valence-electron chi connectivity index (χ3n) is 4.12. The van der Waals surface area contributed by atoms with E-state index in [1.54, 1.807) is 11.3 Å². The Morgan fingerprint density at radius 3 is 2.70 bits per heavy atom. The SMILES string of the molecule is CCC(=O)Nc1sc2c(c1C(=O)Nc1ccccc1C)CCC2. The molecular weight excluding hydrogens is 308 g/mol. The predicted octanol–water partition coefficient (Wildman–Crippen LogP) is 4.15. The van der Waals surface area contributed by atoms with Gasteiger partial charge in [-0.2, -0.15) is 0 Å². The number of carbonyl (C=O) groups excluding carboxylic acids is 2. The summed E-state index contributed by atoms with van der Waals surface area (Å²) in [7, 11) is 0. The Bertz CT molecular complexity index is 764. The maximum atomic E-state index is 12.8. The Kier molecular flexibility index (Phi) is 4.48. The fraction of sp³-hybridized carbons (Fsp3) is 0.333. The molecule has 2 aromatic rings. The lowest BCUT2D eigenvalue weighted by molar-refractivity contribution is -0.115. The monoisotopic (exact) mass is 328 g/mol. The molecular formula is C18H20N2O2S. The second-order valence-corrected chi connectivity index (χ2v) is 6.84. The first kappa shape index (κ1) is 15.7. The zero-order chi connectivity index (χ0) is 16.4. The quantitative estimate of drug-likeness (QED) is 0.886. The van der Waals surface area contributed by atoms with Gasteiger partial charge in [0.1, 0.15) is 5.00 Å². The largest absolute Gasteiger partial charge is 0.322 e. The van der Waals surface area contributed by atoms with Crippen molar-refractivity contribution in [2.24, 2.45) is 0 Å². The molecule has 1 aromatic carbocycles. The minimum absolute atomic E-state index is 0.0603. The van der Waals surface area contributed by atoms with Crippen LogP contribution in [-0.2, 0) is 17.6 Å². The highest BCUT2D eigenvalue weighted by atomic mass is 32.1. The molecule has 0 aliphatic heterocycles. The van der Waals surface area contributed by atoms with E-state index in [0.29, 0.717) is 17.0 Å². The van der Waals surface area contributed by atoms with Crippen molar-refractivity contribution in [1.29, 1.82) is 0 Å². The number of anilines is 2. The number of thiophene rings is 1. The van der Waals surface area contributed by atoms with Crippen molar-refractivity contribution in [3.8, 4) is 0 Å². The maximum absolute atomic E-state index is 12.8. The molecule has 1 aromatic heterocycles. The number of fused-ring (bicyclic) bond motifs is 1. The van der Waals surface area contributed by atoms with Gasteiger partial charge < -0.3 is 10.6 Å². The second-order valence-electron chi connectivity index (χ2n) is 5.73. The fourth-order valence-electron chi connectivity index (χ4n) is 2.85. The molecule has 0 bridgehead atoms. The van der Waals surface area contributed by atoms with Gasteiger partial charge in [-0.15, -0.1) is 11.3 Å². The Morgan fingerprint density at radius 1 is 1.17 bits per heavy atom. The number of rotatable bonds is 4. The number of para-hydroxylation sites is 1. The van der Waals surface area contributed by atoms with Crippen LogP contribution in [0, 0.1) is 6.92 Å². The van der Waals surface area contributed by atoms with Crippen LogP contribution < -0.4 is 10.6 Å². The van der Waals surface area contributed by atoms with Crippen LogP contribution in [0.2, 0.25) is 0 Å². The highest BCUT2D eigenvalue weighted by Crippen LogP contribution is 2.39. The van der Waals surface area contributed by atoms with Gasteiger partial charge in [0.25, 0.3) is 5.91 Å². The fourth-order valence-corrected chi connectivity index (χ4v) is 4.15. The van der Waals surface area contributed by atoms with Crippen LogP contribution in [-0.4, -0.2) is 11.8 Å². The number of hydrogen-bond donors (Lipinski definition) is 2. The maximum Gasteiger partial charge on any atom is 0.258 e. The lowest BCUT2D eigenvalue weighted by Gasteiger charge is -2.10. The van der Waals surface area contributed by atoms with Gasteiger partial charge in [-0.25, -0.2) is 0 Å². The zero-order valence-electron chi connectivity index (χ0n) is 13.4. The predicted molar refractivity (Wildman–Crippen MR) is 94.4 cm³/mol. The summed E-state index contributed by atoms with van der Waals surface area (Å²) < 4.78 is 0. The second kappa shape index (κ2) is 6.54. The van der Waals surface area contributed by atoms with Crippen LogP contribution in [0.3, 0.4) is 0 Å². The summed E-state index contributed by atoms with van der Waals surface area (Å²) in [6, 6.07) is 7.71. The van der Waals surface area contributed by atoms with Crippen molar-refractivity contribution < 1.29 is 9.59 Å². The van der Waals surface area contributed by atoms with E-state index in [1.807, 2.05) is 38.1 Å². The molecule has 4 nitrogen and oxygen atoms in total. The minimum atomic E-state index is -0.134. The summed E-state index contributed by atoms with van der Waals surface area (Å²) >= 11 is 1.54. The summed E-state index contributed by atoms with van der Waals surface area (Å²) in [6.45, 7) is 3.77. The van der Waals surface area contributed by atoms with E-state index < -0.39 is 0 Å². The van der Waals surface area contributed by atoms with Gasteiger partial charge in [0.05, 0.1) is 5.56 Å². The van der Waals surface area contributed by atoms with Crippen LogP contribution in [0.1, 0.15) is 46.1 Å². The number of aryl methyl sites for hydroxylation is 2. The lowest BCUT2D eigenvalue weighted by Crippen LogP contribution is -2.17. The molecule has 0 fully saturated rings. The first-order valence-corrected chi connectivity index (χ1v) is 8.73. The Hall–Kier alpha value is -2.14. The van der Waals surface area contributed by atoms with Gasteiger partial charge >= 0.3 is 0 Å². The van der Waals surface area contributed by atoms with E-state index in [9.17, 15) is 9.59 Å². The molecule has 2 amide bonds. The van der Waals surface area contributed by atoms with Gasteiger partial charge in [0.15, 0.2) is 0 Å². The van der Waals surface area contributed by atoms with E-state index in [0.717, 1.165) is 36.1 Å². The Balaban J connectivity index is 1.93. The topological polar surface area (TPSA) is 58.2 Å². The first-order chi connectivity index (χ1) is 11.1. The molecule has 2 N–H and O–H groups in total. The van der Waals surface area contributed by atoms with E-state index in [2.05, 4.69) is 10.6 Å². The van der Waals surface area contributed by atoms with Gasteiger partial charge in [-0.3, -0.25) is 9.59 Å². The van der Waals surface area contributed by atoms with E-state index in [4.69, 9.17) is 0 Å². The van der Waals surface area contributed by atoms with Gasteiger partial charge in [0.2, 0.25) is 5.91 Å². The molecule has 1 heterocycles. The summed E-state index contributed by atoms with van der Waals surface area (Å²) in [5.41, 5.74) is 3.58. The van der Waals surface area contributed by atoms with E-state index in [-0.39, 0.29) is 11.8 Å². The van der Waals surface area contributed by atoms with Crippen LogP contribution in [0.5, 0.6) is 0 Å². The Morgan fingerprint density at radius 2 is 1.96 bits per heavy atom. The zero-order valence-corrected chi connectivity index (χ0v) is 14.2. The van der Waals surface area contributed by atoms with E-state index in [1.165, 1.54) is 4.88 Å². The molecule has 0 atom stereocenters. The average Bonchev–Trinajstić information content (AvgIpc) is 3.09. The van der Waals surface area contributed by atoms with Crippen molar-refractivity contribution in [2.45, 2.75) is 39.5 Å². The highest BCUT2D eigenvalue weighted by Gasteiger charge is 2.27. The minimum Gasteiger partial charge on any atom is -0.322 e. The third kappa shape index (κ3) is 3.15. The highest BCUT2D eigenvalue weighted by molar-refractivity contribution is 7.17. The van der Waals surface area contributed by atoms with Gasteiger partial charge in [-0.05, 0) is 43.4 Å². The molecule has 23 heavy (non-hydrogen) atoms. The average molecular weight is 328 g/mol. The van der Waals surface area contributed by atoms with Crippen molar-refractivity contribution in [1.82, 2.24) is 0 Å². The molecule has 0 unspecified atom stereocenters. The first-order valence-electron chi connectivity index (χ1n) is 7.91. The molecule has 0 saturated carbocycles. The van der Waals surface area contributed by atoms with E-state index >= 15 is 0 Å². The summed E-state index contributed by atoms with van der Waals surface area (Å²) in [5, 5.41) is 6.57. The van der Waals surface area contributed by atoms with Crippen LogP contribution in [0.15, 0.2) is 24.3 Å². The van der Waals surface area contributed by atoms with Gasteiger partial charge in [0, 0.05) is 17.0 Å². The van der Waals surface area contributed by atoms with Crippen LogP contribution in [0.25, 0.3) is 0 Å². The number of carbonyl (C=O) groups is 2. The number of hydrogen-bond acceptors (Lipinski definition) is 3. The summed E-state index contributed by atoms with van der Waals surface area (Å²) in [6.07, 6.45) is 3.38. The molecule has 1 aliphatic rings. The van der Waals surface area contributed by atoms with Crippen LogP contribution >= 0.6 is 11.3 Å². The van der Waals surface area contributed by atoms with Crippen molar-refractivity contribution in [3.05, 3.63) is 45.8 Å². The van der Waals surface area contributed by atoms with Crippen molar-refractivity contribution in [2.75, 3.05) is 10.6 Å². The smallest absolute Gasteiger partial charge is 0.258 e. The third-order valence-corrected chi connectivity index (χ3v) is 5.32. The summed E-state index contributed by atoms with van der Waals surface area (Å²) in [4.78, 5) is 25.8. The number of amides is 2. The van der Waals surface area contributed by atoms with Crippen molar-refractivity contribution >= 4 is 33.8 Å².